The Hall–Kier alpha value is -1.55. The van der Waals surface area contributed by atoms with Crippen LogP contribution in [0.3, 0.4) is 0 Å². The molecule has 0 fully saturated rings. The standard InChI is InChI=1S/C7H11N5O/c1-7(2,8-6-13)3-4-12-5-9-10-11-12/h5H,3-4H2,1-2H3. The SMILES string of the molecule is CC(C)(CCn1cnnn1)N=C=O. The van der Waals surface area contributed by atoms with Crippen LogP contribution < -0.4 is 0 Å². The molecule has 0 atom stereocenters. The van der Waals surface area contributed by atoms with Crippen LogP contribution in [0.4, 0.5) is 0 Å². The maximum atomic E-state index is 10.0. The van der Waals surface area contributed by atoms with Crippen molar-refractivity contribution in [2.75, 3.05) is 0 Å². The van der Waals surface area contributed by atoms with E-state index in [0.29, 0.717) is 13.0 Å². The molecule has 6 nitrogen and oxygen atoms in total. The van der Waals surface area contributed by atoms with Crippen LogP contribution in [0, 0.1) is 0 Å². The number of nitrogens with zero attached hydrogens (tertiary/aromatic N) is 5. The lowest BCUT2D eigenvalue weighted by Crippen LogP contribution is -2.19. The van der Waals surface area contributed by atoms with Crippen molar-refractivity contribution in [3.63, 3.8) is 0 Å². The smallest absolute Gasteiger partial charge is 0.232 e. The fourth-order valence-electron chi connectivity index (χ4n) is 0.850. The van der Waals surface area contributed by atoms with Gasteiger partial charge in [0.25, 0.3) is 0 Å². The van der Waals surface area contributed by atoms with Crippen LogP contribution in [0.25, 0.3) is 0 Å². The number of aryl methyl sites for hydroxylation is 1. The van der Waals surface area contributed by atoms with Crippen LogP contribution in [-0.2, 0) is 11.3 Å². The van der Waals surface area contributed by atoms with Gasteiger partial charge in [0.2, 0.25) is 6.08 Å². The first-order valence-corrected chi connectivity index (χ1v) is 3.94. The van der Waals surface area contributed by atoms with Gasteiger partial charge < -0.3 is 0 Å². The van der Waals surface area contributed by atoms with Gasteiger partial charge in [0.15, 0.2) is 0 Å². The van der Waals surface area contributed by atoms with Crippen molar-refractivity contribution < 1.29 is 4.79 Å². The maximum absolute atomic E-state index is 10.0. The van der Waals surface area contributed by atoms with Crippen molar-refractivity contribution in [3.8, 4) is 0 Å². The zero-order valence-corrected chi connectivity index (χ0v) is 7.64. The Morgan fingerprint density at radius 2 is 2.38 bits per heavy atom. The highest BCUT2D eigenvalue weighted by atomic mass is 16.1. The monoisotopic (exact) mass is 181 g/mol. The molecule has 0 unspecified atom stereocenters. The van der Waals surface area contributed by atoms with Gasteiger partial charge in [0.05, 0.1) is 5.54 Å². The molecule has 0 aliphatic heterocycles. The zero-order chi connectivity index (χ0) is 9.73. The van der Waals surface area contributed by atoms with Crippen LogP contribution in [-0.4, -0.2) is 31.8 Å². The van der Waals surface area contributed by atoms with Crippen LogP contribution in [0.15, 0.2) is 11.3 Å². The van der Waals surface area contributed by atoms with E-state index in [9.17, 15) is 4.79 Å². The van der Waals surface area contributed by atoms with Crippen LogP contribution >= 0.6 is 0 Å². The van der Waals surface area contributed by atoms with Gasteiger partial charge in [-0.2, -0.15) is 4.99 Å². The van der Waals surface area contributed by atoms with Crippen molar-refractivity contribution in [2.45, 2.75) is 32.4 Å². The molecule has 0 amide bonds. The highest BCUT2D eigenvalue weighted by Crippen LogP contribution is 2.13. The number of aliphatic imine (C=N–C) groups is 1. The molecule has 0 aliphatic carbocycles. The van der Waals surface area contributed by atoms with E-state index in [1.807, 2.05) is 13.8 Å². The summed E-state index contributed by atoms with van der Waals surface area (Å²) in [5, 5.41) is 10.7. The summed E-state index contributed by atoms with van der Waals surface area (Å²) in [6.45, 7) is 4.37. The quantitative estimate of drug-likeness (QED) is 0.490. The Bertz CT molecular complexity index is 299. The molecule has 0 aliphatic rings. The van der Waals surface area contributed by atoms with Gasteiger partial charge in [-0.1, -0.05) is 0 Å². The van der Waals surface area contributed by atoms with Gasteiger partial charge in [-0.25, -0.2) is 9.48 Å². The summed E-state index contributed by atoms with van der Waals surface area (Å²) in [5.41, 5.74) is -0.395. The highest BCUT2D eigenvalue weighted by molar-refractivity contribution is 5.34. The van der Waals surface area contributed by atoms with Gasteiger partial charge in [-0.15, -0.1) is 5.10 Å². The first-order valence-electron chi connectivity index (χ1n) is 3.94. The second-order valence-corrected chi connectivity index (χ2v) is 3.34. The van der Waals surface area contributed by atoms with E-state index in [4.69, 9.17) is 0 Å². The lowest BCUT2D eigenvalue weighted by atomic mass is 10.0. The minimum absolute atomic E-state index is 0.395. The summed E-state index contributed by atoms with van der Waals surface area (Å²) >= 11 is 0. The molecule has 1 heterocycles. The van der Waals surface area contributed by atoms with Crippen LogP contribution in [0.1, 0.15) is 20.3 Å². The van der Waals surface area contributed by atoms with Crippen molar-refractivity contribution in [1.82, 2.24) is 20.2 Å². The maximum Gasteiger partial charge on any atom is 0.235 e. The molecule has 1 rings (SSSR count). The molecule has 0 radical (unpaired) electrons. The lowest BCUT2D eigenvalue weighted by molar-refractivity contribution is 0.415. The summed E-state index contributed by atoms with van der Waals surface area (Å²) in [5.74, 6) is 0. The van der Waals surface area contributed by atoms with E-state index < -0.39 is 5.54 Å². The Morgan fingerprint density at radius 1 is 1.62 bits per heavy atom. The molecule has 0 saturated carbocycles. The lowest BCUT2D eigenvalue weighted by Gasteiger charge is -2.15. The van der Waals surface area contributed by atoms with Crippen molar-refractivity contribution in [1.29, 1.82) is 0 Å². The summed E-state index contributed by atoms with van der Waals surface area (Å²) in [6.07, 6.45) is 3.78. The predicted molar refractivity (Wildman–Crippen MR) is 44.6 cm³/mol. The molecule has 0 bridgehead atoms. The average molecular weight is 181 g/mol. The molecule has 0 N–H and O–H groups in total. The zero-order valence-electron chi connectivity index (χ0n) is 7.64. The molecule has 13 heavy (non-hydrogen) atoms. The summed E-state index contributed by atoms with van der Waals surface area (Å²) < 4.78 is 1.60. The molecular formula is C7H11N5O. The van der Waals surface area contributed by atoms with Gasteiger partial charge >= 0.3 is 0 Å². The fourth-order valence-corrected chi connectivity index (χ4v) is 0.850. The van der Waals surface area contributed by atoms with E-state index in [-0.39, 0.29) is 0 Å². The second kappa shape index (κ2) is 3.91. The first-order chi connectivity index (χ1) is 6.14. The summed E-state index contributed by atoms with van der Waals surface area (Å²) in [6, 6.07) is 0. The Labute approximate surface area is 75.7 Å². The minimum atomic E-state index is -0.395. The molecule has 0 aromatic carbocycles. The molecule has 0 saturated heterocycles. The second-order valence-electron chi connectivity index (χ2n) is 3.34. The van der Waals surface area contributed by atoms with Crippen LogP contribution in [0.5, 0.6) is 0 Å². The van der Waals surface area contributed by atoms with E-state index in [0.717, 1.165) is 0 Å². The Kier molecular flexibility index (Phi) is 2.87. The third kappa shape index (κ3) is 3.13. The summed E-state index contributed by atoms with van der Waals surface area (Å²) in [4.78, 5) is 13.7. The minimum Gasteiger partial charge on any atom is -0.232 e. The van der Waals surface area contributed by atoms with E-state index in [1.54, 1.807) is 10.8 Å². The first kappa shape index (κ1) is 9.54. The van der Waals surface area contributed by atoms with Crippen molar-refractivity contribution in [3.05, 3.63) is 6.33 Å². The topological polar surface area (TPSA) is 73.0 Å². The van der Waals surface area contributed by atoms with Gasteiger partial charge in [0, 0.05) is 6.54 Å². The number of aromatic nitrogens is 4. The van der Waals surface area contributed by atoms with E-state index >= 15 is 0 Å². The third-order valence-electron chi connectivity index (χ3n) is 1.69. The number of hydrogen-bond acceptors (Lipinski definition) is 5. The summed E-state index contributed by atoms with van der Waals surface area (Å²) in [7, 11) is 0. The number of tetrazole rings is 1. The molecule has 70 valence electrons. The average Bonchev–Trinajstić information content (AvgIpc) is 2.52. The van der Waals surface area contributed by atoms with Gasteiger partial charge in [0.1, 0.15) is 6.33 Å². The van der Waals surface area contributed by atoms with E-state index in [1.165, 1.54) is 6.33 Å². The predicted octanol–water partition coefficient (Wildman–Crippen LogP) is 0.178. The molecule has 1 aromatic rings. The number of isocyanates is 1. The Morgan fingerprint density at radius 3 is 2.92 bits per heavy atom. The normalized spacial score (nSPS) is 10.9. The number of carbonyl (C=O) groups excluding carboxylic acids is 1. The van der Waals surface area contributed by atoms with E-state index in [2.05, 4.69) is 20.5 Å². The highest BCUT2D eigenvalue weighted by Gasteiger charge is 2.15. The number of hydrogen-bond donors (Lipinski definition) is 0. The Balaban J connectivity index is 2.46. The number of rotatable bonds is 4. The van der Waals surface area contributed by atoms with Gasteiger partial charge in [-0.3, -0.25) is 0 Å². The molecule has 6 heteroatoms. The largest absolute Gasteiger partial charge is 0.235 e. The molecule has 0 spiro atoms. The molecule has 1 aromatic heterocycles. The fraction of sp³-hybridized carbons (Fsp3) is 0.714. The van der Waals surface area contributed by atoms with Crippen molar-refractivity contribution >= 4 is 6.08 Å². The molecular weight excluding hydrogens is 170 g/mol. The van der Waals surface area contributed by atoms with Crippen LogP contribution in [0.2, 0.25) is 0 Å². The van der Waals surface area contributed by atoms with Crippen molar-refractivity contribution in [2.24, 2.45) is 4.99 Å². The van der Waals surface area contributed by atoms with Gasteiger partial charge in [-0.05, 0) is 30.7 Å². The third-order valence-corrected chi connectivity index (χ3v) is 1.69.